The molecule has 3 aliphatic carbocycles. The molecule has 2 N–H and O–H groups in total. The summed E-state index contributed by atoms with van der Waals surface area (Å²) in [4.78, 5) is 4.44. The maximum atomic E-state index is 14.5. The molecule has 29 heavy (non-hydrogen) atoms. The molecule has 0 aromatic heterocycles. The van der Waals surface area contributed by atoms with Gasteiger partial charge in [-0.15, -0.1) is 0 Å². The van der Waals surface area contributed by atoms with Crippen LogP contribution in [0.2, 0.25) is 0 Å². The largest absolute Gasteiger partial charge is 0.490 e. The van der Waals surface area contributed by atoms with Crippen LogP contribution in [0.15, 0.2) is 23.2 Å². The van der Waals surface area contributed by atoms with E-state index in [-0.39, 0.29) is 11.9 Å². The van der Waals surface area contributed by atoms with Crippen molar-refractivity contribution in [2.45, 2.75) is 63.6 Å². The summed E-state index contributed by atoms with van der Waals surface area (Å²) in [7, 11) is 1.80. The molecule has 1 aromatic carbocycles. The van der Waals surface area contributed by atoms with Crippen LogP contribution >= 0.6 is 0 Å². The number of ether oxygens (including phenoxy) is 2. The van der Waals surface area contributed by atoms with Gasteiger partial charge >= 0.3 is 0 Å². The Morgan fingerprint density at radius 2 is 2.17 bits per heavy atom. The van der Waals surface area contributed by atoms with Crippen molar-refractivity contribution in [3.63, 3.8) is 0 Å². The fraction of sp³-hybridized carbons (Fsp3) is 0.696. The number of aliphatic imine (C=N–C) groups is 1. The van der Waals surface area contributed by atoms with Gasteiger partial charge in [-0.3, -0.25) is 4.99 Å². The number of nitrogens with one attached hydrogen (secondary N) is 2. The van der Waals surface area contributed by atoms with Crippen molar-refractivity contribution in [3.8, 4) is 5.75 Å². The fourth-order valence-corrected chi connectivity index (χ4v) is 5.46. The third kappa shape index (κ3) is 3.39. The number of guanidine groups is 1. The smallest absolute Gasteiger partial charge is 0.191 e. The predicted octanol–water partition coefficient (Wildman–Crippen LogP) is 3.80. The maximum Gasteiger partial charge on any atom is 0.191 e. The lowest BCUT2D eigenvalue weighted by molar-refractivity contribution is -0.171. The molecule has 3 saturated carbocycles. The van der Waals surface area contributed by atoms with Crippen molar-refractivity contribution < 1.29 is 13.9 Å². The first-order chi connectivity index (χ1) is 14.1. The summed E-state index contributed by atoms with van der Waals surface area (Å²) in [5, 5.41) is 7.12. The molecule has 0 radical (unpaired) electrons. The third-order valence-corrected chi connectivity index (χ3v) is 7.53. The lowest BCUT2D eigenvalue weighted by Crippen LogP contribution is -2.72. The van der Waals surface area contributed by atoms with E-state index in [0.29, 0.717) is 41.8 Å². The SMILES string of the molecule is CN=C(NC(C)c1ccc(OCC2CC2)c(F)c1)NC1C2CCOC2C12CCC2. The summed E-state index contributed by atoms with van der Waals surface area (Å²) in [6, 6.07) is 5.63. The lowest BCUT2D eigenvalue weighted by Gasteiger charge is -2.63. The molecule has 0 amide bonds. The van der Waals surface area contributed by atoms with E-state index in [2.05, 4.69) is 15.6 Å². The van der Waals surface area contributed by atoms with E-state index in [1.54, 1.807) is 19.2 Å². The Morgan fingerprint density at radius 3 is 2.83 bits per heavy atom. The first-order valence-electron chi connectivity index (χ1n) is 11.1. The zero-order valence-electron chi connectivity index (χ0n) is 17.4. The van der Waals surface area contributed by atoms with Crippen LogP contribution in [-0.4, -0.2) is 38.4 Å². The van der Waals surface area contributed by atoms with E-state index in [1.165, 1.54) is 32.1 Å². The van der Waals surface area contributed by atoms with Gasteiger partial charge in [0, 0.05) is 31.0 Å². The van der Waals surface area contributed by atoms with Gasteiger partial charge in [0.05, 0.1) is 18.8 Å². The first kappa shape index (κ1) is 19.2. The van der Waals surface area contributed by atoms with Gasteiger partial charge in [-0.2, -0.15) is 0 Å². The molecule has 0 bridgehead atoms. The van der Waals surface area contributed by atoms with Crippen LogP contribution < -0.4 is 15.4 Å². The van der Waals surface area contributed by atoms with Crippen LogP contribution in [0, 0.1) is 23.1 Å². The minimum Gasteiger partial charge on any atom is -0.490 e. The summed E-state index contributed by atoms with van der Waals surface area (Å²) in [6.07, 6.45) is 7.73. The quantitative estimate of drug-likeness (QED) is 0.562. The van der Waals surface area contributed by atoms with Crippen molar-refractivity contribution in [3.05, 3.63) is 29.6 Å². The molecular formula is C23H32FN3O2. The summed E-state index contributed by atoms with van der Waals surface area (Å²) in [5.74, 6) is 2.04. The second-order valence-corrected chi connectivity index (χ2v) is 9.34. The molecule has 1 heterocycles. The summed E-state index contributed by atoms with van der Waals surface area (Å²) in [5.41, 5.74) is 1.19. The molecule has 5 rings (SSSR count). The van der Waals surface area contributed by atoms with Crippen LogP contribution in [0.3, 0.4) is 0 Å². The standard InChI is InChI=1S/C23H32FN3O2/c1-14(16-6-7-19(18(24)12-16)29-13-15-4-5-15)26-22(25-2)27-20-17-8-11-28-21(17)23(20)9-3-10-23/h6-7,12,14-15,17,20-21H,3-5,8-11,13H2,1-2H3,(H2,25,26,27). The minimum absolute atomic E-state index is 0.0544. The van der Waals surface area contributed by atoms with E-state index in [9.17, 15) is 4.39 Å². The van der Waals surface area contributed by atoms with Gasteiger partial charge in [-0.1, -0.05) is 12.5 Å². The molecule has 4 unspecified atom stereocenters. The molecule has 4 atom stereocenters. The Kier molecular flexibility index (Phi) is 4.93. The average Bonchev–Trinajstić information content (AvgIpc) is 3.41. The average molecular weight is 402 g/mol. The molecule has 5 nitrogen and oxygen atoms in total. The zero-order chi connectivity index (χ0) is 20.0. The van der Waals surface area contributed by atoms with Crippen molar-refractivity contribution in [1.82, 2.24) is 10.6 Å². The third-order valence-electron chi connectivity index (χ3n) is 7.53. The molecule has 4 fully saturated rings. The molecule has 4 aliphatic rings. The van der Waals surface area contributed by atoms with Gasteiger partial charge in [0.1, 0.15) is 0 Å². The van der Waals surface area contributed by atoms with Gasteiger partial charge in [0.15, 0.2) is 17.5 Å². The fourth-order valence-electron chi connectivity index (χ4n) is 5.46. The Hall–Kier alpha value is -1.82. The number of benzene rings is 1. The maximum absolute atomic E-state index is 14.5. The van der Waals surface area contributed by atoms with E-state index >= 15 is 0 Å². The van der Waals surface area contributed by atoms with Crippen molar-refractivity contribution in [2.75, 3.05) is 20.3 Å². The number of hydrogen-bond acceptors (Lipinski definition) is 3. The van der Waals surface area contributed by atoms with Crippen LogP contribution in [-0.2, 0) is 4.74 Å². The Balaban J connectivity index is 1.21. The number of fused-ring (bicyclic) bond motifs is 2. The molecule has 1 aliphatic heterocycles. The van der Waals surface area contributed by atoms with Gasteiger partial charge in [0.25, 0.3) is 0 Å². The van der Waals surface area contributed by atoms with E-state index < -0.39 is 0 Å². The van der Waals surface area contributed by atoms with Gasteiger partial charge in [-0.05, 0) is 62.6 Å². The van der Waals surface area contributed by atoms with Gasteiger partial charge in [0.2, 0.25) is 0 Å². The molecule has 1 aromatic rings. The number of nitrogens with zero attached hydrogens (tertiary/aromatic N) is 1. The lowest BCUT2D eigenvalue weighted by atomic mass is 9.46. The Morgan fingerprint density at radius 1 is 1.34 bits per heavy atom. The molecule has 158 valence electrons. The van der Waals surface area contributed by atoms with Crippen molar-refractivity contribution >= 4 is 5.96 Å². The highest BCUT2D eigenvalue weighted by atomic mass is 19.1. The Bertz CT molecular complexity index is 790. The Labute approximate surface area is 172 Å². The highest BCUT2D eigenvalue weighted by Gasteiger charge is 2.66. The van der Waals surface area contributed by atoms with Crippen molar-refractivity contribution in [1.29, 1.82) is 0 Å². The second kappa shape index (κ2) is 7.46. The van der Waals surface area contributed by atoms with Crippen molar-refractivity contribution in [2.24, 2.45) is 22.2 Å². The van der Waals surface area contributed by atoms with Gasteiger partial charge in [-0.25, -0.2) is 4.39 Å². The minimum atomic E-state index is -0.293. The van der Waals surface area contributed by atoms with E-state index in [0.717, 1.165) is 24.6 Å². The zero-order valence-corrected chi connectivity index (χ0v) is 17.4. The van der Waals surface area contributed by atoms with Crippen LogP contribution in [0.25, 0.3) is 0 Å². The van der Waals surface area contributed by atoms with Crippen LogP contribution in [0.1, 0.15) is 57.1 Å². The topological polar surface area (TPSA) is 54.9 Å². The first-order valence-corrected chi connectivity index (χ1v) is 11.1. The van der Waals surface area contributed by atoms with Gasteiger partial charge < -0.3 is 20.1 Å². The van der Waals surface area contributed by atoms with E-state index in [4.69, 9.17) is 9.47 Å². The molecule has 1 saturated heterocycles. The normalized spacial score (nSPS) is 30.9. The predicted molar refractivity (Wildman–Crippen MR) is 111 cm³/mol. The highest BCUT2D eigenvalue weighted by Crippen LogP contribution is 2.62. The molecular weight excluding hydrogens is 369 g/mol. The second-order valence-electron chi connectivity index (χ2n) is 9.34. The van der Waals surface area contributed by atoms with E-state index in [1.807, 2.05) is 13.0 Å². The number of hydrogen-bond donors (Lipinski definition) is 2. The highest BCUT2D eigenvalue weighted by molar-refractivity contribution is 5.80. The summed E-state index contributed by atoms with van der Waals surface area (Å²) < 4.78 is 26.1. The molecule has 6 heteroatoms. The van der Waals surface area contributed by atoms with Crippen LogP contribution in [0.5, 0.6) is 5.75 Å². The number of halogens is 1. The number of rotatable bonds is 6. The summed E-state index contributed by atoms with van der Waals surface area (Å²) >= 11 is 0. The molecule has 1 spiro atoms. The summed E-state index contributed by atoms with van der Waals surface area (Å²) in [6.45, 7) is 3.54. The monoisotopic (exact) mass is 401 g/mol. The van der Waals surface area contributed by atoms with Crippen LogP contribution in [0.4, 0.5) is 4.39 Å².